The predicted octanol–water partition coefficient (Wildman–Crippen LogP) is 1.72. The molecule has 1 fully saturated rings. The third-order valence-corrected chi connectivity index (χ3v) is 4.02. The number of hydrogen-bond donors (Lipinski definition) is 0. The van der Waals surface area contributed by atoms with Crippen molar-refractivity contribution >= 4 is 5.91 Å². The molecule has 2 aliphatic heterocycles. The maximum absolute atomic E-state index is 12.0. The van der Waals surface area contributed by atoms with Gasteiger partial charge < -0.3 is 14.4 Å². The van der Waals surface area contributed by atoms with Gasteiger partial charge in [0.2, 0.25) is 12.7 Å². The van der Waals surface area contributed by atoms with Gasteiger partial charge in [-0.25, -0.2) is 0 Å². The normalized spacial score (nSPS) is 18.3. The van der Waals surface area contributed by atoms with Crippen molar-refractivity contribution in [1.29, 1.82) is 0 Å². The number of carbonyl (C=O) groups excluding carboxylic acids is 1. The van der Waals surface area contributed by atoms with Crippen LogP contribution in [0.4, 0.5) is 0 Å². The van der Waals surface area contributed by atoms with Gasteiger partial charge in [0.15, 0.2) is 11.5 Å². The van der Waals surface area contributed by atoms with Gasteiger partial charge in [0.05, 0.1) is 0 Å². The van der Waals surface area contributed by atoms with Gasteiger partial charge in [-0.15, -0.1) is 0 Å². The standard InChI is InChI=1S/C16H22N2O3/c1-12(2)16(19)18-7-5-17(6-8-18)10-13-3-4-14-15(9-13)21-11-20-14/h3-4,9,12H,5-8,10-11H2,1-2H3. The molecule has 0 unspecified atom stereocenters. The summed E-state index contributed by atoms with van der Waals surface area (Å²) in [6.45, 7) is 8.61. The van der Waals surface area contributed by atoms with Crippen LogP contribution in [0.1, 0.15) is 19.4 Å². The number of fused-ring (bicyclic) bond motifs is 1. The number of hydrogen-bond acceptors (Lipinski definition) is 4. The van der Waals surface area contributed by atoms with Gasteiger partial charge in [0, 0.05) is 38.6 Å². The third kappa shape index (κ3) is 3.13. The number of rotatable bonds is 3. The van der Waals surface area contributed by atoms with Crippen LogP contribution in [-0.2, 0) is 11.3 Å². The molecule has 114 valence electrons. The summed E-state index contributed by atoms with van der Waals surface area (Å²) in [6.07, 6.45) is 0. The maximum Gasteiger partial charge on any atom is 0.231 e. The summed E-state index contributed by atoms with van der Waals surface area (Å²) in [5.74, 6) is 2.01. The molecule has 0 N–H and O–H groups in total. The smallest absolute Gasteiger partial charge is 0.231 e. The van der Waals surface area contributed by atoms with Gasteiger partial charge in [-0.1, -0.05) is 19.9 Å². The van der Waals surface area contributed by atoms with E-state index in [-0.39, 0.29) is 11.8 Å². The number of nitrogens with zero attached hydrogens (tertiary/aromatic N) is 2. The van der Waals surface area contributed by atoms with Crippen LogP contribution in [0, 0.1) is 5.92 Å². The van der Waals surface area contributed by atoms with E-state index in [0.717, 1.165) is 44.2 Å². The average molecular weight is 290 g/mol. The van der Waals surface area contributed by atoms with Crippen molar-refractivity contribution in [2.75, 3.05) is 33.0 Å². The molecule has 0 saturated carbocycles. The zero-order valence-electron chi connectivity index (χ0n) is 12.7. The van der Waals surface area contributed by atoms with Crippen LogP contribution in [0.2, 0.25) is 0 Å². The molecule has 0 aliphatic carbocycles. The number of amides is 1. The molecule has 0 aromatic heterocycles. The highest BCUT2D eigenvalue weighted by Crippen LogP contribution is 2.32. The Balaban J connectivity index is 1.55. The minimum absolute atomic E-state index is 0.0883. The number of carbonyl (C=O) groups is 1. The highest BCUT2D eigenvalue weighted by molar-refractivity contribution is 5.78. The summed E-state index contributed by atoms with van der Waals surface area (Å²) >= 11 is 0. The van der Waals surface area contributed by atoms with Crippen molar-refractivity contribution < 1.29 is 14.3 Å². The lowest BCUT2D eigenvalue weighted by molar-refractivity contribution is -0.136. The van der Waals surface area contributed by atoms with E-state index >= 15 is 0 Å². The topological polar surface area (TPSA) is 42.0 Å². The Morgan fingerprint density at radius 2 is 1.86 bits per heavy atom. The van der Waals surface area contributed by atoms with Crippen molar-refractivity contribution in [2.24, 2.45) is 5.92 Å². The zero-order chi connectivity index (χ0) is 14.8. The second-order valence-corrected chi connectivity index (χ2v) is 5.94. The van der Waals surface area contributed by atoms with Crippen LogP contribution in [0.3, 0.4) is 0 Å². The first kappa shape index (κ1) is 14.2. The molecule has 2 aliphatic rings. The second-order valence-electron chi connectivity index (χ2n) is 5.94. The van der Waals surface area contributed by atoms with E-state index in [1.54, 1.807) is 0 Å². The maximum atomic E-state index is 12.0. The summed E-state index contributed by atoms with van der Waals surface area (Å²) in [4.78, 5) is 16.3. The molecule has 0 atom stereocenters. The lowest BCUT2D eigenvalue weighted by Crippen LogP contribution is -2.49. The van der Waals surface area contributed by atoms with E-state index in [0.29, 0.717) is 6.79 Å². The zero-order valence-corrected chi connectivity index (χ0v) is 12.7. The summed E-state index contributed by atoms with van der Waals surface area (Å²) in [7, 11) is 0. The summed E-state index contributed by atoms with van der Waals surface area (Å²) in [5, 5.41) is 0. The first-order chi connectivity index (χ1) is 10.1. The molecule has 5 heteroatoms. The molecular weight excluding hydrogens is 268 g/mol. The lowest BCUT2D eigenvalue weighted by Gasteiger charge is -2.35. The van der Waals surface area contributed by atoms with Gasteiger partial charge in [-0.3, -0.25) is 9.69 Å². The third-order valence-electron chi connectivity index (χ3n) is 4.02. The van der Waals surface area contributed by atoms with Crippen molar-refractivity contribution in [3.8, 4) is 11.5 Å². The second kappa shape index (κ2) is 5.93. The van der Waals surface area contributed by atoms with Crippen molar-refractivity contribution in [3.63, 3.8) is 0 Å². The highest BCUT2D eigenvalue weighted by atomic mass is 16.7. The van der Waals surface area contributed by atoms with E-state index in [4.69, 9.17) is 9.47 Å². The minimum atomic E-state index is 0.0883. The van der Waals surface area contributed by atoms with Crippen LogP contribution in [0.5, 0.6) is 11.5 Å². The van der Waals surface area contributed by atoms with Crippen LogP contribution < -0.4 is 9.47 Å². The van der Waals surface area contributed by atoms with E-state index in [2.05, 4.69) is 11.0 Å². The van der Waals surface area contributed by atoms with Crippen LogP contribution in [0.15, 0.2) is 18.2 Å². The molecule has 1 aromatic carbocycles. The van der Waals surface area contributed by atoms with E-state index in [1.165, 1.54) is 5.56 Å². The first-order valence-electron chi connectivity index (χ1n) is 7.53. The number of ether oxygens (including phenoxy) is 2. The molecule has 1 amide bonds. The fourth-order valence-corrected chi connectivity index (χ4v) is 2.79. The fraction of sp³-hybridized carbons (Fsp3) is 0.562. The van der Waals surface area contributed by atoms with E-state index in [1.807, 2.05) is 30.9 Å². The SMILES string of the molecule is CC(C)C(=O)N1CCN(Cc2ccc3c(c2)OCO3)CC1. The monoisotopic (exact) mass is 290 g/mol. The predicted molar refractivity (Wildman–Crippen MR) is 79.3 cm³/mol. The Morgan fingerprint density at radius 3 is 2.57 bits per heavy atom. The number of piperazine rings is 1. The first-order valence-corrected chi connectivity index (χ1v) is 7.53. The van der Waals surface area contributed by atoms with Gasteiger partial charge >= 0.3 is 0 Å². The molecule has 21 heavy (non-hydrogen) atoms. The van der Waals surface area contributed by atoms with Gasteiger partial charge in [0.1, 0.15) is 0 Å². The fourth-order valence-electron chi connectivity index (χ4n) is 2.79. The summed E-state index contributed by atoms with van der Waals surface area (Å²) in [6, 6.07) is 6.10. The van der Waals surface area contributed by atoms with Crippen LogP contribution in [0.25, 0.3) is 0 Å². The molecule has 0 bridgehead atoms. The Bertz CT molecular complexity index is 522. The quantitative estimate of drug-likeness (QED) is 0.850. The molecule has 1 saturated heterocycles. The van der Waals surface area contributed by atoms with E-state index in [9.17, 15) is 4.79 Å². The van der Waals surface area contributed by atoms with Crippen LogP contribution >= 0.6 is 0 Å². The largest absolute Gasteiger partial charge is 0.454 e. The molecule has 2 heterocycles. The van der Waals surface area contributed by atoms with Crippen molar-refractivity contribution in [1.82, 2.24) is 9.80 Å². The molecule has 5 nitrogen and oxygen atoms in total. The Kier molecular flexibility index (Phi) is 4.01. The van der Waals surface area contributed by atoms with Crippen molar-refractivity contribution in [3.05, 3.63) is 23.8 Å². The van der Waals surface area contributed by atoms with Gasteiger partial charge in [0.25, 0.3) is 0 Å². The molecule has 3 rings (SSSR count). The minimum Gasteiger partial charge on any atom is -0.454 e. The van der Waals surface area contributed by atoms with Gasteiger partial charge in [-0.05, 0) is 17.7 Å². The number of benzene rings is 1. The van der Waals surface area contributed by atoms with E-state index < -0.39 is 0 Å². The average Bonchev–Trinajstić information content (AvgIpc) is 2.95. The molecule has 0 spiro atoms. The summed E-state index contributed by atoms with van der Waals surface area (Å²) < 4.78 is 10.7. The lowest BCUT2D eigenvalue weighted by atomic mass is 10.1. The summed E-state index contributed by atoms with van der Waals surface area (Å²) in [5.41, 5.74) is 1.22. The van der Waals surface area contributed by atoms with Crippen molar-refractivity contribution in [2.45, 2.75) is 20.4 Å². The molecule has 0 radical (unpaired) electrons. The van der Waals surface area contributed by atoms with Crippen LogP contribution in [-0.4, -0.2) is 48.7 Å². The van der Waals surface area contributed by atoms with Gasteiger partial charge in [-0.2, -0.15) is 0 Å². The molecule has 1 aromatic rings. The Hall–Kier alpha value is -1.75. The highest BCUT2D eigenvalue weighted by Gasteiger charge is 2.23. The molecular formula is C16H22N2O3. The Morgan fingerprint density at radius 1 is 1.14 bits per heavy atom. The Labute approximate surface area is 125 Å².